The number of aromatic carboxylic acids is 1. The van der Waals surface area contributed by atoms with Crippen LogP contribution in [-0.4, -0.2) is 28.5 Å². The van der Waals surface area contributed by atoms with E-state index in [1.165, 1.54) is 5.38 Å². The number of carboxylic acid groups (broad SMARTS) is 1. The molecule has 5 nitrogen and oxygen atoms in total. The van der Waals surface area contributed by atoms with Crippen molar-refractivity contribution in [2.45, 2.75) is 13.8 Å². The van der Waals surface area contributed by atoms with Crippen molar-refractivity contribution in [2.24, 2.45) is 0 Å². The fourth-order valence-electron chi connectivity index (χ4n) is 1.82. The quantitative estimate of drug-likeness (QED) is 0.940. The van der Waals surface area contributed by atoms with Crippen LogP contribution in [0.3, 0.4) is 0 Å². The van der Waals surface area contributed by atoms with Crippen LogP contribution in [0.5, 0.6) is 0 Å². The Morgan fingerprint density at radius 1 is 1.40 bits per heavy atom. The third kappa shape index (κ3) is 2.85. The monoisotopic (exact) mass is 290 g/mol. The number of aromatic nitrogens is 1. The summed E-state index contributed by atoms with van der Waals surface area (Å²) >= 11 is 1.05. The third-order valence-corrected chi connectivity index (χ3v) is 3.61. The zero-order valence-electron chi connectivity index (χ0n) is 11.2. The number of carboxylic acids is 1. The number of carbonyl (C=O) groups is 2. The molecule has 0 bridgehead atoms. The van der Waals surface area contributed by atoms with Gasteiger partial charge in [-0.1, -0.05) is 12.1 Å². The van der Waals surface area contributed by atoms with Crippen LogP contribution < -0.4 is 4.90 Å². The van der Waals surface area contributed by atoms with Crippen LogP contribution in [0.4, 0.5) is 5.69 Å². The molecule has 0 fully saturated rings. The number of aryl methyl sites for hydroxylation is 1. The average molecular weight is 290 g/mol. The van der Waals surface area contributed by atoms with E-state index in [0.29, 0.717) is 6.54 Å². The maximum Gasteiger partial charge on any atom is 0.355 e. The number of benzene rings is 1. The van der Waals surface area contributed by atoms with Gasteiger partial charge in [-0.3, -0.25) is 4.79 Å². The molecule has 0 saturated carbocycles. The van der Waals surface area contributed by atoms with Crippen LogP contribution in [0.15, 0.2) is 29.6 Å². The summed E-state index contributed by atoms with van der Waals surface area (Å²) in [5.74, 6) is -1.41. The van der Waals surface area contributed by atoms with E-state index in [4.69, 9.17) is 5.11 Å². The van der Waals surface area contributed by atoms with Crippen molar-refractivity contribution in [3.63, 3.8) is 0 Å². The Balaban J connectivity index is 2.31. The van der Waals surface area contributed by atoms with Crippen LogP contribution in [-0.2, 0) is 0 Å². The first-order valence-corrected chi connectivity index (χ1v) is 6.98. The Hall–Kier alpha value is -2.21. The summed E-state index contributed by atoms with van der Waals surface area (Å²) in [6.45, 7) is 4.31. The Morgan fingerprint density at radius 3 is 2.70 bits per heavy atom. The lowest BCUT2D eigenvalue weighted by molar-refractivity contribution is 0.0691. The molecule has 0 atom stereocenters. The molecular formula is C14H14N2O3S. The van der Waals surface area contributed by atoms with E-state index in [-0.39, 0.29) is 16.6 Å². The highest BCUT2D eigenvalue weighted by Crippen LogP contribution is 2.20. The molecule has 0 aliphatic heterocycles. The number of amides is 1. The van der Waals surface area contributed by atoms with Gasteiger partial charge < -0.3 is 10.0 Å². The van der Waals surface area contributed by atoms with Crippen molar-refractivity contribution in [1.29, 1.82) is 0 Å². The van der Waals surface area contributed by atoms with Crippen LogP contribution in [0.1, 0.15) is 32.8 Å². The van der Waals surface area contributed by atoms with Gasteiger partial charge in [0.15, 0.2) is 10.7 Å². The summed E-state index contributed by atoms with van der Waals surface area (Å²) in [6.07, 6.45) is 0. The Labute approximate surface area is 120 Å². The van der Waals surface area contributed by atoms with E-state index in [0.717, 1.165) is 22.6 Å². The van der Waals surface area contributed by atoms with E-state index < -0.39 is 5.97 Å². The van der Waals surface area contributed by atoms with Crippen molar-refractivity contribution in [3.8, 4) is 0 Å². The number of rotatable bonds is 4. The van der Waals surface area contributed by atoms with E-state index >= 15 is 0 Å². The molecule has 0 aliphatic carbocycles. The second-order valence-corrected chi connectivity index (χ2v) is 5.09. The molecule has 1 aromatic carbocycles. The van der Waals surface area contributed by atoms with Crippen LogP contribution in [0.25, 0.3) is 0 Å². The van der Waals surface area contributed by atoms with E-state index in [2.05, 4.69) is 4.98 Å². The van der Waals surface area contributed by atoms with Crippen LogP contribution >= 0.6 is 11.3 Å². The number of hydrogen-bond acceptors (Lipinski definition) is 4. The molecule has 0 radical (unpaired) electrons. The van der Waals surface area contributed by atoms with Gasteiger partial charge in [0, 0.05) is 17.6 Å². The largest absolute Gasteiger partial charge is 0.476 e. The zero-order chi connectivity index (χ0) is 14.7. The average Bonchev–Trinajstić information content (AvgIpc) is 2.89. The standard InChI is InChI=1S/C14H14N2O3S/c1-3-16(10-6-4-5-9(2)7-10)13(17)12-15-11(8-20-12)14(18)19/h4-8H,3H2,1-2H3,(H,18,19). The SMILES string of the molecule is CCN(C(=O)c1nc(C(=O)O)cs1)c1cccc(C)c1. The molecule has 0 spiro atoms. The van der Waals surface area contributed by atoms with Gasteiger partial charge in [-0.05, 0) is 31.5 Å². The zero-order valence-corrected chi connectivity index (χ0v) is 12.0. The summed E-state index contributed by atoms with van der Waals surface area (Å²) in [5, 5.41) is 10.4. The molecule has 104 valence electrons. The normalized spacial score (nSPS) is 10.3. The molecule has 20 heavy (non-hydrogen) atoms. The minimum Gasteiger partial charge on any atom is -0.476 e. The van der Waals surface area contributed by atoms with Gasteiger partial charge in [-0.15, -0.1) is 11.3 Å². The highest BCUT2D eigenvalue weighted by atomic mass is 32.1. The molecule has 1 N–H and O–H groups in total. The number of carbonyl (C=O) groups excluding carboxylic acids is 1. The van der Waals surface area contributed by atoms with E-state index in [1.54, 1.807) is 4.90 Å². The second kappa shape index (κ2) is 5.83. The molecule has 0 saturated heterocycles. The summed E-state index contributed by atoms with van der Waals surface area (Å²) in [6, 6.07) is 7.59. The predicted octanol–water partition coefficient (Wildman–Crippen LogP) is 2.82. The Morgan fingerprint density at radius 2 is 2.15 bits per heavy atom. The molecule has 1 amide bonds. The first-order valence-electron chi connectivity index (χ1n) is 6.10. The van der Waals surface area contributed by atoms with Crippen molar-refractivity contribution in [1.82, 2.24) is 4.98 Å². The van der Waals surface area contributed by atoms with Gasteiger partial charge in [0.25, 0.3) is 5.91 Å². The lowest BCUT2D eigenvalue weighted by Crippen LogP contribution is -2.30. The van der Waals surface area contributed by atoms with Gasteiger partial charge >= 0.3 is 5.97 Å². The first kappa shape index (κ1) is 14.2. The number of anilines is 1. The van der Waals surface area contributed by atoms with E-state index in [1.807, 2.05) is 38.1 Å². The van der Waals surface area contributed by atoms with Gasteiger partial charge in [-0.25, -0.2) is 9.78 Å². The molecule has 1 aromatic heterocycles. The van der Waals surface area contributed by atoms with Crippen molar-refractivity contribution < 1.29 is 14.7 Å². The number of hydrogen-bond donors (Lipinski definition) is 1. The smallest absolute Gasteiger partial charge is 0.355 e. The third-order valence-electron chi connectivity index (χ3n) is 2.78. The molecule has 2 aromatic rings. The summed E-state index contributed by atoms with van der Waals surface area (Å²) in [5.41, 5.74) is 1.74. The second-order valence-electron chi connectivity index (χ2n) is 4.23. The van der Waals surface area contributed by atoms with Gasteiger partial charge in [0.1, 0.15) is 0 Å². The van der Waals surface area contributed by atoms with Crippen molar-refractivity contribution in [3.05, 3.63) is 45.9 Å². The summed E-state index contributed by atoms with van der Waals surface area (Å²) in [7, 11) is 0. The van der Waals surface area contributed by atoms with Gasteiger partial charge in [0.05, 0.1) is 0 Å². The highest BCUT2D eigenvalue weighted by molar-refractivity contribution is 7.12. The lowest BCUT2D eigenvalue weighted by atomic mass is 10.2. The molecule has 0 aliphatic rings. The fourth-order valence-corrected chi connectivity index (χ4v) is 2.56. The predicted molar refractivity (Wildman–Crippen MR) is 77.6 cm³/mol. The summed E-state index contributed by atoms with van der Waals surface area (Å²) < 4.78 is 0. The van der Waals surface area contributed by atoms with Crippen LogP contribution in [0, 0.1) is 6.92 Å². The lowest BCUT2D eigenvalue weighted by Gasteiger charge is -2.20. The maximum atomic E-state index is 12.4. The highest BCUT2D eigenvalue weighted by Gasteiger charge is 2.21. The van der Waals surface area contributed by atoms with Gasteiger partial charge in [0.2, 0.25) is 0 Å². The Kier molecular flexibility index (Phi) is 4.14. The van der Waals surface area contributed by atoms with Crippen molar-refractivity contribution in [2.75, 3.05) is 11.4 Å². The summed E-state index contributed by atoms with van der Waals surface area (Å²) in [4.78, 5) is 28.6. The molecular weight excluding hydrogens is 276 g/mol. The minimum atomic E-state index is -1.13. The van der Waals surface area contributed by atoms with Crippen LogP contribution in [0.2, 0.25) is 0 Å². The number of nitrogens with zero attached hydrogens (tertiary/aromatic N) is 2. The molecule has 1 heterocycles. The van der Waals surface area contributed by atoms with E-state index in [9.17, 15) is 9.59 Å². The topological polar surface area (TPSA) is 70.5 Å². The first-order chi connectivity index (χ1) is 9.52. The maximum absolute atomic E-state index is 12.4. The molecule has 0 unspecified atom stereocenters. The fraction of sp³-hybridized carbons (Fsp3) is 0.214. The molecule has 2 rings (SSSR count). The van der Waals surface area contributed by atoms with Gasteiger partial charge in [-0.2, -0.15) is 0 Å². The molecule has 6 heteroatoms. The van der Waals surface area contributed by atoms with Crippen molar-refractivity contribution >= 4 is 28.9 Å². The Bertz CT molecular complexity index is 651. The number of thiazole rings is 1. The minimum absolute atomic E-state index is 0.0985.